The second kappa shape index (κ2) is 6.50. The highest BCUT2D eigenvalue weighted by atomic mass is 32.1. The molecule has 2 aliphatic heterocycles. The number of thiazole rings is 1. The SMILES string of the molecule is CCc1cccc2sc(N3CC4CN(c5ncccc5C#N)CC4C3)nc12. The van der Waals surface area contributed by atoms with Gasteiger partial charge in [0, 0.05) is 44.2 Å². The third-order valence-electron chi connectivity index (χ3n) is 5.84. The predicted octanol–water partition coefficient (Wildman–Crippen LogP) is 3.70. The highest BCUT2D eigenvalue weighted by Gasteiger charge is 2.41. The summed E-state index contributed by atoms with van der Waals surface area (Å²) in [5, 5.41) is 10.5. The second-order valence-electron chi connectivity index (χ2n) is 7.43. The van der Waals surface area contributed by atoms with Crippen LogP contribution in [0.4, 0.5) is 10.9 Å². The molecule has 27 heavy (non-hydrogen) atoms. The number of aromatic nitrogens is 2. The number of nitriles is 1. The number of hydrogen-bond donors (Lipinski definition) is 0. The van der Waals surface area contributed by atoms with Crippen molar-refractivity contribution >= 4 is 32.5 Å². The van der Waals surface area contributed by atoms with Gasteiger partial charge in [-0.2, -0.15) is 5.26 Å². The number of rotatable bonds is 3. The van der Waals surface area contributed by atoms with Gasteiger partial charge in [0.25, 0.3) is 0 Å². The molecule has 2 aromatic heterocycles. The first-order valence-electron chi connectivity index (χ1n) is 9.50. The third-order valence-corrected chi connectivity index (χ3v) is 6.92. The molecule has 1 aromatic carbocycles. The van der Waals surface area contributed by atoms with Crippen molar-refractivity contribution in [2.45, 2.75) is 13.3 Å². The summed E-state index contributed by atoms with van der Waals surface area (Å²) < 4.78 is 1.29. The van der Waals surface area contributed by atoms with Crippen molar-refractivity contribution in [3.05, 3.63) is 47.7 Å². The van der Waals surface area contributed by atoms with E-state index in [0.29, 0.717) is 17.4 Å². The molecule has 5 nitrogen and oxygen atoms in total. The average Bonchev–Trinajstić information content (AvgIpc) is 3.39. The van der Waals surface area contributed by atoms with Crippen molar-refractivity contribution in [2.24, 2.45) is 11.8 Å². The Morgan fingerprint density at radius 1 is 1.11 bits per heavy atom. The Hall–Kier alpha value is -2.65. The Balaban J connectivity index is 1.35. The molecule has 6 heteroatoms. The van der Waals surface area contributed by atoms with Crippen molar-refractivity contribution in [1.29, 1.82) is 5.26 Å². The minimum absolute atomic E-state index is 0.608. The minimum Gasteiger partial charge on any atom is -0.355 e. The van der Waals surface area contributed by atoms with E-state index in [9.17, 15) is 5.26 Å². The van der Waals surface area contributed by atoms with E-state index < -0.39 is 0 Å². The average molecular weight is 376 g/mol. The van der Waals surface area contributed by atoms with Gasteiger partial charge in [0.2, 0.25) is 0 Å². The maximum Gasteiger partial charge on any atom is 0.186 e. The minimum atomic E-state index is 0.608. The standard InChI is InChI=1S/C21H21N5S/c1-2-14-5-3-7-18-19(14)24-21(27-18)26-12-16-10-25(11-17(16)13-26)20-15(9-22)6-4-8-23-20/h3-8,16-17H,2,10-13H2,1H3. The fraction of sp³-hybridized carbons (Fsp3) is 0.381. The smallest absolute Gasteiger partial charge is 0.186 e. The van der Waals surface area contributed by atoms with E-state index in [0.717, 1.165) is 43.5 Å². The summed E-state index contributed by atoms with van der Waals surface area (Å²) in [5.74, 6) is 2.06. The molecule has 0 amide bonds. The molecule has 0 N–H and O–H groups in total. The Bertz CT molecular complexity index is 1020. The number of aryl methyl sites for hydroxylation is 1. The third kappa shape index (κ3) is 2.74. The van der Waals surface area contributed by atoms with E-state index >= 15 is 0 Å². The highest BCUT2D eigenvalue weighted by Crippen LogP contribution is 2.39. The van der Waals surface area contributed by atoms with Crippen molar-refractivity contribution in [2.75, 3.05) is 36.0 Å². The molecule has 0 spiro atoms. The topological polar surface area (TPSA) is 56.0 Å². The fourth-order valence-corrected chi connectivity index (χ4v) is 5.50. The van der Waals surface area contributed by atoms with Crippen LogP contribution in [0, 0.1) is 23.2 Å². The first-order chi connectivity index (χ1) is 13.3. The van der Waals surface area contributed by atoms with E-state index in [4.69, 9.17) is 4.98 Å². The lowest BCUT2D eigenvalue weighted by atomic mass is 10.0. The second-order valence-corrected chi connectivity index (χ2v) is 8.44. The lowest BCUT2D eigenvalue weighted by molar-refractivity contribution is 0.533. The van der Waals surface area contributed by atoms with E-state index in [1.165, 1.54) is 15.8 Å². The number of hydrogen-bond acceptors (Lipinski definition) is 6. The van der Waals surface area contributed by atoms with Gasteiger partial charge in [0.05, 0.1) is 15.8 Å². The summed E-state index contributed by atoms with van der Waals surface area (Å²) in [5.41, 5.74) is 3.18. The molecule has 5 rings (SSSR count). The zero-order chi connectivity index (χ0) is 18.4. The zero-order valence-corrected chi connectivity index (χ0v) is 16.1. The largest absolute Gasteiger partial charge is 0.355 e. The first-order valence-corrected chi connectivity index (χ1v) is 10.3. The quantitative estimate of drug-likeness (QED) is 0.699. The lowest BCUT2D eigenvalue weighted by Gasteiger charge is -2.22. The molecule has 2 saturated heterocycles. The molecule has 136 valence electrons. The van der Waals surface area contributed by atoms with Crippen molar-refractivity contribution in [1.82, 2.24) is 9.97 Å². The molecule has 0 bridgehead atoms. The van der Waals surface area contributed by atoms with Crippen LogP contribution in [0.15, 0.2) is 36.5 Å². The van der Waals surface area contributed by atoms with Crippen LogP contribution in [0.2, 0.25) is 0 Å². The van der Waals surface area contributed by atoms with Crippen LogP contribution in [0.5, 0.6) is 0 Å². The maximum absolute atomic E-state index is 9.35. The van der Waals surface area contributed by atoms with E-state index in [1.54, 1.807) is 6.20 Å². The molecule has 2 aliphatic rings. The monoisotopic (exact) mass is 375 g/mol. The normalized spacial score (nSPS) is 21.6. The first kappa shape index (κ1) is 16.5. The summed E-state index contributed by atoms with van der Waals surface area (Å²) in [6.07, 6.45) is 2.80. The van der Waals surface area contributed by atoms with E-state index in [2.05, 4.69) is 46.0 Å². The van der Waals surface area contributed by atoms with Crippen LogP contribution >= 0.6 is 11.3 Å². The van der Waals surface area contributed by atoms with Gasteiger partial charge < -0.3 is 9.80 Å². The molecular formula is C21H21N5S. The fourth-order valence-electron chi connectivity index (χ4n) is 4.47. The van der Waals surface area contributed by atoms with Crippen LogP contribution in [-0.2, 0) is 6.42 Å². The van der Waals surface area contributed by atoms with Gasteiger partial charge in [-0.25, -0.2) is 9.97 Å². The maximum atomic E-state index is 9.35. The van der Waals surface area contributed by atoms with E-state index in [1.807, 2.05) is 23.5 Å². The predicted molar refractivity (Wildman–Crippen MR) is 109 cm³/mol. The Morgan fingerprint density at radius 2 is 1.89 bits per heavy atom. The van der Waals surface area contributed by atoms with Crippen LogP contribution in [0.3, 0.4) is 0 Å². The molecule has 0 aliphatic carbocycles. The molecule has 2 fully saturated rings. The lowest BCUT2D eigenvalue weighted by Crippen LogP contribution is -2.29. The number of pyridine rings is 1. The van der Waals surface area contributed by atoms with Gasteiger partial charge >= 0.3 is 0 Å². The number of benzene rings is 1. The molecule has 2 atom stereocenters. The molecule has 2 unspecified atom stereocenters. The summed E-state index contributed by atoms with van der Waals surface area (Å²) in [4.78, 5) is 14.2. The van der Waals surface area contributed by atoms with Crippen LogP contribution in [-0.4, -0.2) is 36.1 Å². The molecule has 0 radical (unpaired) electrons. The number of anilines is 2. The van der Waals surface area contributed by atoms with Gasteiger partial charge in [-0.3, -0.25) is 0 Å². The van der Waals surface area contributed by atoms with Crippen LogP contribution < -0.4 is 9.80 Å². The summed E-state index contributed by atoms with van der Waals surface area (Å²) in [6.45, 7) is 6.21. The highest BCUT2D eigenvalue weighted by molar-refractivity contribution is 7.22. The summed E-state index contributed by atoms with van der Waals surface area (Å²) in [7, 11) is 0. The molecule has 3 aromatic rings. The van der Waals surface area contributed by atoms with Crippen molar-refractivity contribution in [3.63, 3.8) is 0 Å². The Labute approximate surface area is 162 Å². The Morgan fingerprint density at radius 3 is 2.63 bits per heavy atom. The molecule has 4 heterocycles. The number of nitrogens with zero attached hydrogens (tertiary/aromatic N) is 5. The Kier molecular flexibility index (Phi) is 3.98. The molecular weight excluding hydrogens is 354 g/mol. The van der Waals surface area contributed by atoms with Crippen LogP contribution in [0.1, 0.15) is 18.1 Å². The van der Waals surface area contributed by atoms with Gasteiger partial charge in [0.15, 0.2) is 5.13 Å². The number of para-hydroxylation sites is 1. The van der Waals surface area contributed by atoms with Crippen molar-refractivity contribution in [3.8, 4) is 6.07 Å². The van der Waals surface area contributed by atoms with Crippen molar-refractivity contribution < 1.29 is 0 Å². The van der Waals surface area contributed by atoms with Gasteiger partial charge in [-0.15, -0.1) is 0 Å². The summed E-state index contributed by atoms with van der Waals surface area (Å²) >= 11 is 1.81. The summed E-state index contributed by atoms with van der Waals surface area (Å²) in [6, 6.07) is 12.5. The zero-order valence-electron chi connectivity index (χ0n) is 15.3. The van der Waals surface area contributed by atoms with Gasteiger partial charge in [-0.05, 0) is 30.2 Å². The number of fused-ring (bicyclic) bond motifs is 2. The van der Waals surface area contributed by atoms with Gasteiger partial charge in [-0.1, -0.05) is 30.4 Å². The van der Waals surface area contributed by atoms with E-state index in [-0.39, 0.29) is 0 Å². The van der Waals surface area contributed by atoms with Crippen LogP contribution in [0.25, 0.3) is 10.2 Å². The van der Waals surface area contributed by atoms with Gasteiger partial charge in [0.1, 0.15) is 11.9 Å². The molecule has 0 saturated carbocycles.